The highest BCUT2D eigenvalue weighted by atomic mass is 79.9. The molecule has 0 aliphatic carbocycles. The van der Waals surface area contributed by atoms with Crippen molar-refractivity contribution in [3.05, 3.63) is 38.1 Å². The number of hydrogen-bond acceptors (Lipinski definition) is 6. The first-order chi connectivity index (χ1) is 12.2. The zero-order valence-electron chi connectivity index (χ0n) is 13.8. The van der Waals surface area contributed by atoms with Crippen LogP contribution in [0.3, 0.4) is 0 Å². The molecule has 10 heteroatoms. The Morgan fingerprint density at radius 3 is 2.31 bits per heavy atom. The van der Waals surface area contributed by atoms with E-state index < -0.39 is 34.4 Å². The highest BCUT2D eigenvalue weighted by Gasteiger charge is 2.28. The van der Waals surface area contributed by atoms with Gasteiger partial charge in [-0.3, -0.25) is 4.79 Å². The van der Waals surface area contributed by atoms with E-state index in [-0.39, 0.29) is 23.5 Å². The fourth-order valence-corrected chi connectivity index (χ4v) is 2.99. The molecule has 0 fully saturated rings. The molecule has 138 valence electrons. The van der Waals surface area contributed by atoms with Crippen LogP contribution in [-0.2, 0) is 0 Å². The molecule has 0 amide bonds. The summed E-state index contributed by atoms with van der Waals surface area (Å²) < 4.78 is 10.9. The molecule has 0 atom stereocenters. The SMILES string of the molecule is CCOc1cc(-c2c(C(=O)O)c(N)[nH]c(=O)c2C(=O)O)c(Br)cc1OC. The minimum atomic E-state index is -1.59. The van der Waals surface area contributed by atoms with Crippen LogP contribution in [-0.4, -0.2) is 40.9 Å². The van der Waals surface area contributed by atoms with Gasteiger partial charge in [-0.1, -0.05) is 15.9 Å². The van der Waals surface area contributed by atoms with Crippen molar-refractivity contribution in [1.82, 2.24) is 4.98 Å². The second-order valence-corrected chi connectivity index (χ2v) is 5.87. The van der Waals surface area contributed by atoms with Crippen molar-refractivity contribution < 1.29 is 29.3 Å². The maximum absolute atomic E-state index is 12.1. The molecule has 0 aliphatic rings. The molecule has 1 heterocycles. The van der Waals surface area contributed by atoms with Gasteiger partial charge in [0.25, 0.3) is 5.56 Å². The van der Waals surface area contributed by atoms with Crippen LogP contribution in [0.15, 0.2) is 21.4 Å². The van der Waals surface area contributed by atoms with Gasteiger partial charge in [0.05, 0.1) is 13.7 Å². The molecule has 0 saturated carbocycles. The summed E-state index contributed by atoms with van der Waals surface area (Å²) in [6.07, 6.45) is 0. The van der Waals surface area contributed by atoms with Crippen LogP contribution >= 0.6 is 15.9 Å². The second kappa shape index (κ2) is 7.48. The number of anilines is 1. The predicted octanol–water partition coefficient (Wildman–Crippen LogP) is 2.19. The number of aromatic carboxylic acids is 2. The third-order valence-electron chi connectivity index (χ3n) is 3.49. The largest absolute Gasteiger partial charge is 0.493 e. The number of halogens is 1. The number of benzene rings is 1. The lowest BCUT2D eigenvalue weighted by Gasteiger charge is -2.16. The van der Waals surface area contributed by atoms with Crippen molar-refractivity contribution in [3.8, 4) is 22.6 Å². The molecular formula is C16H15BrN2O7. The quantitative estimate of drug-likeness (QED) is 0.548. The molecule has 0 saturated heterocycles. The van der Waals surface area contributed by atoms with E-state index in [2.05, 4.69) is 20.9 Å². The van der Waals surface area contributed by atoms with E-state index in [1.165, 1.54) is 19.2 Å². The topological polar surface area (TPSA) is 152 Å². The number of carboxylic acids is 2. The highest BCUT2D eigenvalue weighted by Crippen LogP contribution is 2.41. The first kappa shape index (κ1) is 19.3. The standard InChI is InChI=1S/C16H15BrN2O7/c1-3-26-9-4-6(7(17)5-8(9)25-2)10-11(15(21)22)13(18)19-14(20)12(10)16(23)24/h4-5H,3H2,1-2H3,(H,21,22)(H,23,24)(H3,18,19,20). The van der Waals surface area contributed by atoms with Crippen molar-refractivity contribution >= 4 is 33.7 Å². The van der Waals surface area contributed by atoms with Gasteiger partial charge in [-0.15, -0.1) is 0 Å². The first-order valence-corrected chi connectivity index (χ1v) is 8.05. The number of rotatable bonds is 6. The Morgan fingerprint density at radius 2 is 1.81 bits per heavy atom. The average Bonchev–Trinajstić information content (AvgIpc) is 2.54. The Labute approximate surface area is 155 Å². The molecule has 0 spiro atoms. The number of nitrogens with two attached hydrogens (primary N) is 1. The molecule has 1 aromatic carbocycles. The molecule has 0 bridgehead atoms. The number of ether oxygens (including phenoxy) is 2. The Hall–Kier alpha value is -3.01. The summed E-state index contributed by atoms with van der Waals surface area (Å²) in [5.74, 6) is -2.95. The van der Waals surface area contributed by atoms with Gasteiger partial charge >= 0.3 is 11.9 Å². The zero-order chi connectivity index (χ0) is 19.6. The number of pyridine rings is 1. The number of nitrogens with one attached hydrogen (secondary N) is 1. The Morgan fingerprint density at radius 1 is 1.19 bits per heavy atom. The molecule has 26 heavy (non-hydrogen) atoms. The maximum Gasteiger partial charge on any atom is 0.342 e. The summed E-state index contributed by atoms with van der Waals surface area (Å²) in [4.78, 5) is 37.5. The smallest absolute Gasteiger partial charge is 0.342 e. The average molecular weight is 427 g/mol. The molecule has 0 radical (unpaired) electrons. The van der Waals surface area contributed by atoms with Gasteiger partial charge in [-0.05, 0) is 19.1 Å². The van der Waals surface area contributed by atoms with Crippen molar-refractivity contribution in [1.29, 1.82) is 0 Å². The monoisotopic (exact) mass is 426 g/mol. The molecule has 9 nitrogen and oxygen atoms in total. The van der Waals surface area contributed by atoms with Gasteiger partial charge in [-0.2, -0.15) is 0 Å². The molecule has 0 unspecified atom stereocenters. The van der Waals surface area contributed by atoms with Gasteiger partial charge in [0.2, 0.25) is 0 Å². The first-order valence-electron chi connectivity index (χ1n) is 7.25. The van der Waals surface area contributed by atoms with Crippen LogP contribution in [0.5, 0.6) is 11.5 Å². The number of aromatic amines is 1. The van der Waals surface area contributed by atoms with E-state index in [0.717, 1.165) is 0 Å². The minimum Gasteiger partial charge on any atom is -0.493 e. The van der Waals surface area contributed by atoms with Gasteiger partial charge in [0.1, 0.15) is 16.9 Å². The van der Waals surface area contributed by atoms with Crippen LogP contribution in [0.2, 0.25) is 0 Å². The third kappa shape index (κ3) is 3.36. The van der Waals surface area contributed by atoms with E-state index >= 15 is 0 Å². The van der Waals surface area contributed by atoms with Gasteiger partial charge in [0, 0.05) is 15.6 Å². The minimum absolute atomic E-state index is 0.113. The molecule has 1 aromatic heterocycles. The second-order valence-electron chi connectivity index (χ2n) is 5.02. The van der Waals surface area contributed by atoms with Gasteiger partial charge < -0.3 is 30.4 Å². The summed E-state index contributed by atoms with van der Waals surface area (Å²) in [6, 6.07) is 2.87. The molecular weight excluding hydrogens is 412 g/mol. The van der Waals surface area contributed by atoms with E-state index in [1.54, 1.807) is 6.92 Å². The van der Waals surface area contributed by atoms with Crippen molar-refractivity contribution in [3.63, 3.8) is 0 Å². The summed E-state index contributed by atoms with van der Waals surface area (Å²) in [6.45, 7) is 2.02. The Bertz CT molecular complexity index is 953. The molecule has 2 rings (SSSR count). The number of hydrogen-bond donors (Lipinski definition) is 4. The van der Waals surface area contributed by atoms with Crippen molar-refractivity contribution in [2.24, 2.45) is 0 Å². The fraction of sp³-hybridized carbons (Fsp3) is 0.188. The van der Waals surface area contributed by atoms with Gasteiger partial charge in [0.15, 0.2) is 11.5 Å². The van der Waals surface area contributed by atoms with Crippen molar-refractivity contribution in [2.45, 2.75) is 6.92 Å². The van der Waals surface area contributed by atoms with Crippen LogP contribution in [0.4, 0.5) is 5.82 Å². The highest BCUT2D eigenvalue weighted by molar-refractivity contribution is 9.10. The predicted molar refractivity (Wildman–Crippen MR) is 96.3 cm³/mol. The van der Waals surface area contributed by atoms with E-state index in [4.69, 9.17) is 15.2 Å². The van der Waals surface area contributed by atoms with E-state index in [0.29, 0.717) is 10.2 Å². The van der Waals surface area contributed by atoms with Crippen molar-refractivity contribution in [2.75, 3.05) is 19.5 Å². The van der Waals surface area contributed by atoms with Gasteiger partial charge in [-0.25, -0.2) is 9.59 Å². The molecule has 5 N–H and O–H groups in total. The Balaban J connectivity index is 3.00. The summed E-state index contributed by atoms with van der Waals surface area (Å²) in [5.41, 5.74) is 3.12. The number of methoxy groups -OCH3 is 1. The van der Waals surface area contributed by atoms with Crippen LogP contribution in [0.1, 0.15) is 27.6 Å². The van der Waals surface area contributed by atoms with Crippen LogP contribution < -0.4 is 20.8 Å². The number of carbonyl (C=O) groups is 2. The maximum atomic E-state index is 12.1. The summed E-state index contributed by atoms with van der Waals surface area (Å²) in [7, 11) is 1.42. The lowest BCUT2D eigenvalue weighted by atomic mass is 9.95. The number of carboxylic acid groups (broad SMARTS) is 2. The zero-order valence-corrected chi connectivity index (χ0v) is 15.3. The van der Waals surface area contributed by atoms with Crippen LogP contribution in [0.25, 0.3) is 11.1 Å². The number of nitrogen functional groups attached to an aromatic ring is 1. The lowest BCUT2D eigenvalue weighted by molar-refractivity contribution is 0.0695. The third-order valence-corrected chi connectivity index (χ3v) is 4.15. The van der Waals surface area contributed by atoms with E-state index in [9.17, 15) is 24.6 Å². The molecule has 2 aromatic rings. The Kier molecular flexibility index (Phi) is 5.56. The summed E-state index contributed by atoms with van der Waals surface area (Å²) in [5, 5.41) is 18.9. The lowest BCUT2D eigenvalue weighted by Crippen LogP contribution is -2.24. The number of H-pyrrole nitrogens is 1. The normalized spacial score (nSPS) is 10.4. The summed E-state index contributed by atoms with van der Waals surface area (Å²) >= 11 is 3.25. The van der Waals surface area contributed by atoms with E-state index in [1.807, 2.05) is 0 Å². The number of aromatic nitrogens is 1. The molecule has 0 aliphatic heterocycles. The van der Waals surface area contributed by atoms with Crippen LogP contribution in [0, 0.1) is 0 Å². The fourth-order valence-electron chi connectivity index (χ4n) is 2.47.